The van der Waals surface area contributed by atoms with E-state index in [9.17, 15) is 24.9 Å². The summed E-state index contributed by atoms with van der Waals surface area (Å²) in [7, 11) is 0. The molecule has 10 heteroatoms. The highest BCUT2D eigenvalue weighted by atomic mass is 16.5. The first-order valence-corrected chi connectivity index (χ1v) is 14.1. The fourth-order valence-electron chi connectivity index (χ4n) is 4.08. The van der Waals surface area contributed by atoms with Gasteiger partial charge < -0.3 is 40.7 Å². The highest BCUT2D eigenvalue weighted by Crippen LogP contribution is 2.22. The van der Waals surface area contributed by atoms with E-state index in [0.29, 0.717) is 23.4 Å². The number of phenols is 1. The van der Waals surface area contributed by atoms with Crippen LogP contribution in [0.5, 0.6) is 5.75 Å². The van der Waals surface area contributed by atoms with Gasteiger partial charge in [-0.25, -0.2) is 4.79 Å². The molecule has 40 heavy (non-hydrogen) atoms. The van der Waals surface area contributed by atoms with Gasteiger partial charge in [-0.15, -0.1) is 0 Å². The zero-order valence-corrected chi connectivity index (χ0v) is 23.5. The number of carbonyl (C=O) groups is 2. The lowest BCUT2D eigenvalue weighted by Gasteiger charge is -2.14. The van der Waals surface area contributed by atoms with Gasteiger partial charge in [0.2, 0.25) is 0 Å². The normalized spacial score (nSPS) is 11.7. The second-order valence-corrected chi connectivity index (χ2v) is 9.56. The number of carbonyl (C=O) groups excluding carboxylic acids is 2. The number of hydrogen-bond donors (Lipinski definition) is 6. The maximum Gasteiger partial charge on any atom is 0.325 e. The number of aliphatic hydroxyl groups is 2. The summed E-state index contributed by atoms with van der Waals surface area (Å²) in [6.07, 6.45) is 6.38. The van der Waals surface area contributed by atoms with Crippen LogP contribution in [-0.2, 0) is 27.3 Å². The summed E-state index contributed by atoms with van der Waals surface area (Å²) in [4.78, 5) is 23.3. The van der Waals surface area contributed by atoms with E-state index in [1.165, 1.54) is 6.07 Å². The van der Waals surface area contributed by atoms with Crippen molar-refractivity contribution in [3.05, 3.63) is 59.2 Å². The van der Waals surface area contributed by atoms with Crippen LogP contribution < -0.4 is 16.0 Å². The number of urea groups is 1. The van der Waals surface area contributed by atoms with Gasteiger partial charge in [0.05, 0.1) is 19.3 Å². The Morgan fingerprint density at radius 3 is 2.52 bits per heavy atom. The Kier molecular flexibility index (Phi) is 16.4. The topological polar surface area (TPSA) is 149 Å². The third-order valence-electron chi connectivity index (χ3n) is 6.28. The minimum absolute atomic E-state index is 0.0319. The minimum Gasteiger partial charge on any atom is -0.508 e. The molecule has 0 aromatic heterocycles. The molecule has 2 aromatic rings. The number of aliphatic hydroxyl groups excluding tert-OH is 2. The fraction of sp³-hybridized carbons (Fsp3) is 0.533. The summed E-state index contributed by atoms with van der Waals surface area (Å²) in [5, 5.41) is 37.6. The number of anilines is 1. The Bertz CT molecular complexity index is 1020. The SMILES string of the molecule is CCOC(=O)CNC(=O)Nc1cccc(CCCCOCCCCCCNC[C@H](O)c2ccc(O)c(CO)c2)c1. The van der Waals surface area contributed by atoms with Crippen molar-refractivity contribution in [2.24, 2.45) is 0 Å². The van der Waals surface area contributed by atoms with Gasteiger partial charge in [0.25, 0.3) is 0 Å². The monoisotopic (exact) mass is 559 g/mol. The molecule has 6 N–H and O–H groups in total. The van der Waals surface area contributed by atoms with E-state index >= 15 is 0 Å². The first-order valence-electron chi connectivity index (χ1n) is 14.1. The van der Waals surface area contributed by atoms with Crippen LogP contribution in [-0.4, -0.2) is 66.8 Å². The van der Waals surface area contributed by atoms with Crippen LogP contribution in [0.1, 0.15) is 68.2 Å². The number of aromatic hydroxyl groups is 1. The first kappa shape index (κ1) is 33.0. The van der Waals surface area contributed by atoms with Crippen molar-refractivity contribution in [2.45, 2.75) is 64.6 Å². The number of hydrogen-bond acceptors (Lipinski definition) is 8. The smallest absolute Gasteiger partial charge is 0.325 e. The molecule has 2 amide bonds. The lowest BCUT2D eigenvalue weighted by molar-refractivity contribution is -0.141. The number of esters is 1. The zero-order valence-electron chi connectivity index (χ0n) is 23.5. The molecule has 0 heterocycles. The Morgan fingerprint density at radius 1 is 0.975 bits per heavy atom. The maximum absolute atomic E-state index is 11.9. The highest BCUT2D eigenvalue weighted by Gasteiger charge is 2.10. The van der Waals surface area contributed by atoms with Crippen molar-refractivity contribution in [1.82, 2.24) is 10.6 Å². The standard InChI is InChI=1S/C30H45N3O7/c1-2-40-29(37)21-32-30(38)33-26-12-9-11-23(18-26)10-5-8-17-39-16-7-4-3-6-15-31-20-28(36)24-13-14-27(35)25(19-24)22-34/h9,11-14,18-19,28,31,34-36H,2-8,10,15-17,20-22H2,1H3,(H2,32,33,38)/t28-/m0/s1. The third kappa shape index (κ3) is 13.7. The molecule has 0 spiro atoms. The van der Waals surface area contributed by atoms with Gasteiger partial charge in [0.1, 0.15) is 12.3 Å². The average molecular weight is 560 g/mol. The van der Waals surface area contributed by atoms with E-state index in [1.54, 1.807) is 19.1 Å². The quantitative estimate of drug-likeness (QED) is 0.106. The summed E-state index contributed by atoms with van der Waals surface area (Å²) in [5.41, 5.74) is 2.89. The van der Waals surface area contributed by atoms with Crippen LogP contribution in [0, 0.1) is 0 Å². The van der Waals surface area contributed by atoms with Crippen LogP contribution in [0.15, 0.2) is 42.5 Å². The number of benzene rings is 2. The number of aryl methyl sites for hydroxylation is 1. The van der Waals surface area contributed by atoms with Gasteiger partial charge in [0.15, 0.2) is 0 Å². The molecule has 1 atom stereocenters. The second-order valence-electron chi connectivity index (χ2n) is 9.56. The molecule has 0 aliphatic carbocycles. The lowest BCUT2D eigenvalue weighted by Crippen LogP contribution is -2.34. The first-order chi connectivity index (χ1) is 19.4. The summed E-state index contributed by atoms with van der Waals surface area (Å²) < 4.78 is 10.5. The summed E-state index contributed by atoms with van der Waals surface area (Å²) in [6.45, 7) is 4.28. The Labute approximate surface area is 237 Å². The van der Waals surface area contributed by atoms with Gasteiger partial charge in [0, 0.05) is 31.0 Å². The number of ether oxygens (including phenoxy) is 2. The predicted molar refractivity (Wildman–Crippen MR) is 154 cm³/mol. The summed E-state index contributed by atoms with van der Waals surface area (Å²) in [5.74, 6) is -0.439. The van der Waals surface area contributed by atoms with Gasteiger partial charge in [-0.2, -0.15) is 0 Å². The molecule has 0 fully saturated rings. The average Bonchev–Trinajstić information content (AvgIpc) is 2.95. The Balaban J connectivity index is 1.44. The van der Waals surface area contributed by atoms with Crippen molar-refractivity contribution in [1.29, 1.82) is 0 Å². The van der Waals surface area contributed by atoms with Crippen molar-refractivity contribution < 1.29 is 34.4 Å². The molecule has 2 rings (SSSR count). The Morgan fingerprint density at radius 2 is 1.75 bits per heavy atom. The predicted octanol–water partition coefficient (Wildman–Crippen LogP) is 3.79. The van der Waals surface area contributed by atoms with Crippen molar-refractivity contribution in [3.8, 4) is 5.75 Å². The molecule has 0 radical (unpaired) electrons. The van der Waals surface area contributed by atoms with Crippen molar-refractivity contribution >= 4 is 17.7 Å². The molecule has 222 valence electrons. The van der Waals surface area contributed by atoms with Crippen LogP contribution in [0.2, 0.25) is 0 Å². The fourth-order valence-corrected chi connectivity index (χ4v) is 4.08. The highest BCUT2D eigenvalue weighted by molar-refractivity contribution is 5.91. The zero-order chi connectivity index (χ0) is 29.0. The maximum atomic E-state index is 11.9. The van der Waals surface area contributed by atoms with Gasteiger partial charge >= 0.3 is 12.0 Å². The van der Waals surface area contributed by atoms with Crippen LogP contribution in [0.3, 0.4) is 0 Å². The molecule has 10 nitrogen and oxygen atoms in total. The Hall–Kier alpha value is -3.18. The molecular formula is C30H45N3O7. The van der Waals surface area contributed by atoms with Gasteiger partial charge in [-0.1, -0.05) is 31.0 Å². The molecule has 0 aliphatic rings. The van der Waals surface area contributed by atoms with Crippen LogP contribution in [0.25, 0.3) is 0 Å². The number of amides is 2. The van der Waals surface area contributed by atoms with Crippen molar-refractivity contribution in [3.63, 3.8) is 0 Å². The van der Waals surface area contributed by atoms with E-state index in [2.05, 4.69) is 16.0 Å². The minimum atomic E-state index is -0.685. The van der Waals surface area contributed by atoms with Gasteiger partial charge in [-0.05, 0) is 81.0 Å². The molecule has 0 unspecified atom stereocenters. The molecule has 0 saturated carbocycles. The summed E-state index contributed by atoms with van der Waals surface area (Å²) >= 11 is 0. The van der Waals surface area contributed by atoms with E-state index < -0.39 is 18.1 Å². The van der Waals surface area contributed by atoms with Crippen LogP contribution in [0.4, 0.5) is 10.5 Å². The number of rotatable bonds is 20. The molecule has 2 aromatic carbocycles. The van der Waals surface area contributed by atoms with E-state index in [1.807, 2.05) is 24.3 Å². The molecule has 0 bridgehead atoms. The van der Waals surface area contributed by atoms with E-state index in [0.717, 1.165) is 70.3 Å². The van der Waals surface area contributed by atoms with E-state index in [4.69, 9.17) is 9.47 Å². The van der Waals surface area contributed by atoms with Gasteiger partial charge in [-0.3, -0.25) is 4.79 Å². The lowest BCUT2D eigenvalue weighted by atomic mass is 10.1. The van der Waals surface area contributed by atoms with E-state index in [-0.39, 0.29) is 25.5 Å². The third-order valence-corrected chi connectivity index (χ3v) is 6.28. The molecular weight excluding hydrogens is 514 g/mol. The second kappa shape index (κ2) is 19.8. The van der Waals surface area contributed by atoms with Crippen molar-refractivity contribution in [2.75, 3.05) is 44.8 Å². The number of nitrogens with one attached hydrogen (secondary N) is 3. The molecule has 0 saturated heterocycles. The number of unbranched alkanes of at least 4 members (excludes halogenated alkanes) is 4. The largest absolute Gasteiger partial charge is 0.508 e. The summed E-state index contributed by atoms with van der Waals surface area (Å²) in [6, 6.07) is 12.0. The molecule has 0 aliphatic heterocycles. The van der Waals surface area contributed by atoms with Crippen LogP contribution >= 0.6 is 0 Å².